The van der Waals surface area contributed by atoms with Crippen LogP contribution in [-0.4, -0.2) is 25.5 Å². The highest BCUT2D eigenvalue weighted by atomic mass is 16.5. The maximum atomic E-state index is 12.3. The monoisotopic (exact) mass is 374 g/mol. The van der Waals surface area contributed by atoms with Gasteiger partial charge in [0.05, 0.1) is 24.5 Å². The van der Waals surface area contributed by atoms with Crippen LogP contribution in [0.1, 0.15) is 42.4 Å². The van der Waals surface area contributed by atoms with E-state index in [1.807, 2.05) is 13.0 Å². The van der Waals surface area contributed by atoms with E-state index >= 15 is 0 Å². The molecule has 0 unspecified atom stereocenters. The number of nitrogens with one attached hydrogen (secondary N) is 1. The lowest BCUT2D eigenvalue weighted by atomic mass is 10.0. The topological polar surface area (TPSA) is 109 Å². The third kappa shape index (κ3) is 5.32. The van der Waals surface area contributed by atoms with Crippen molar-refractivity contribution >= 4 is 22.8 Å². The highest BCUT2D eigenvalue weighted by Crippen LogP contribution is 2.30. The van der Waals surface area contributed by atoms with Crippen molar-refractivity contribution in [2.75, 3.05) is 13.7 Å². The van der Waals surface area contributed by atoms with Gasteiger partial charge in [-0.25, -0.2) is 4.79 Å². The maximum Gasteiger partial charge on any atom is 0.340 e. The minimum absolute atomic E-state index is 0.0204. The zero-order valence-corrected chi connectivity index (χ0v) is 15.8. The van der Waals surface area contributed by atoms with E-state index in [2.05, 4.69) is 5.32 Å². The number of carbonyl (C=O) groups is 2. The molecule has 7 nitrogen and oxygen atoms in total. The van der Waals surface area contributed by atoms with Gasteiger partial charge in [0.1, 0.15) is 11.3 Å². The lowest BCUT2D eigenvalue weighted by Crippen LogP contribution is -2.28. The van der Waals surface area contributed by atoms with Crippen LogP contribution in [0.2, 0.25) is 0 Å². The molecule has 0 atom stereocenters. The second kappa shape index (κ2) is 9.21. The SMILES string of the molecule is COc1cc(C)cc2oc(=O)c(CC(=O)NCCCCCC(=O)[O-])c(C)c12. The molecule has 27 heavy (non-hydrogen) atoms. The molecular formula is C20H24NO6-. The molecule has 0 radical (unpaired) electrons. The number of ether oxygens (including phenoxy) is 1. The molecule has 1 aromatic heterocycles. The second-order valence-corrected chi connectivity index (χ2v) is 6.54. The molecule has 0 bridgehead atoms. The van der Waals surface area contributed by atoms with Crippen LogP contribution in [0.25, 0.3) is 11.0 Å². The number of amides is 1. The number of fused-ring (bicyclic) bond motifs is 1. The van der Waals surface area contributed by atoms with Crippen LogP contribution in [0.3, 0.4) is 0 Å². The number of benzene rings is 1. The van der Waals surface area contributed by atoms with Crippen LogP contribution >= 0.6 is 0 Å². The fraction of sp³-hybridized carbons (Fsp3) is 0.450. The maximum absolute atomic E-state index is 12.3. The highest BCUT2D eigenvalue weighted by Gasteiger charge is 2.17. The number of unbranched alkanes of at least 4 members (excludes halogenated alkanes) is 2. The molecule has 0 spiro atoms. The van der Waals surface area contributed by atoms with Crippen molar-refractivity contribution in [3.05, 3.63) is 39.2 Å². The third-order valence-corrected chi connectivity index (χ3v) is 4.42. The summed E-state index contributed by atoms with van der Waals surface area (Å²) in [4.78, 5) is 34.8. The lowest BCUT2D eigenvalue weighted by Gasteiger charge is -2.12. The summed E-state index contributed by atoms with van der Waals surface area (Å²) in [6.07, 6.45) is 1.80. The van der Waals surface area contributed by atoms with Crippen molar-refractivity contribution in [1.82, 2.24) is 5.32 Å². The van der Waals surface area contributed by atoms with E-state index < -0.39 is 11.6 Å². The van der Waals surface area contributed by atoms with Crippen molar-refractivity contribution in [3.63, 3.8) is 0 Å². The van der Waals surface area contributed by atoms with Gasteiger partial charge in [-0.05, 0) is 56.4 Å². The number of hydrogen-bond acceptors (Lipinski definition) is 6. The fourth-order valence-electron chi connectivity index (χ4n) is 3.02. The molecule has 1 aromatic carbocycles. The Labute approximate surface area is 157 Å². The number of carboxylic acid groups (broad SMARTS) is 1. The van der Waals surface area contributed by atoms with E-state index in [0.717, 1.165) is 5.56 Å². The third-order valence-electron chi connectivity index (χ3n) is 4.42. The summed E-state index contributed by atoms with van der Waals surface area (Å²) in [6.45, 7) is 4.08. The van der Waals surface area contributed by atoms with Crippen LogP contribution in [0.4, 0.5) is 0 Å². The van der Waals surface area contributed by atoms with E-state index in [-0.39, 0.29) is 18.7 Å². The molecule has 0 saturated heterocycles. The summed E-state index contributed by atoms with van der Waals surface area (Å²) in [5.41, 5.74) is 1.79. The first-order chi connectivity index (χ1) is 12.8. The van der Waals surface area contributed by atoms with Crippen molar-refractivity contribution in [1.29, 1.82) is 0 Å². The van der Waals surface area contributed by atoms with Crippen LogP contribution in [-0.2, 0) is 16.0 Å². The van der Waals surface area contributed by atoms with Gasteiger partial charge in [0.15, 0.2) is 0 Å². The summed E-state index contributed by atoms with van der Waals surface area (Å²) in [7, 11) is 1.55. The van der Waals surface area contributed by atoms with Gasteiger partial charge < -0.3 is 24.4 Å². The van der Waals surface area contributed by atoms with E-state index in [9.17, 15) is 19.5 Å². The molecule has 1 heterocycles. The highest BCUT2D eigenvalue weighted by molar-refractivity contribution is 5.89. The first-order valence-electron chi connectivity index (χ1n) is 8.91. The standard InChI is InChI=1S/C20H25NO6/c1-12-9-15(26-3)19-13(2)14(20(25)27-16(19)10-12)11-17(22)21-8-6-4-5-7-18(23)24/h9-10H,4-8,11H2,1-3H3,(H,21,22)(H,23,24)/p-1. The summed E-state index contributed by atoms with van der Waals surface area (Å²) in [6, 6.07) is 3.62. The minimum atomic E-state index is -1.07. The molecule has 1 N–H and O–H groups in total. The summed E-state index contributed by atoms with van der Waals surface area (Å²) in [5, 5.41) is 13.8. The van der Waals surface area contributed by atoms with Crippen molar-refractivity contribution in [2.45, 2.75) is 46.0 Å². The number of hydrogen-bond donors (Lipinski definition) is 1. The molecule has 2 aromatic rings. The van der Waals surface area contributed by atoms with Crippen LogP contribution in [0.5, 0.6) is 5.75 Å². The quantitative estimate of drug-likeness (QED) is 0.525. The number of carboxylic acids is 1. The van der Waals surface area contributed by atoms with E-state index in [0.29, 0.717) is 53.7 Å². The van der Waals surface area contributed by atoms with Crippen LogP contribution in [0, 0.1) is 13.8 Å². The molecule has 1 amide bonds. The predicted molar refractivity (Wildman–Crippen MR) is 98.7 cm³/mol. The summed E-state index contributed by atoms with van der Waals surface area (Å²) >= 11 is 0. The molecule has 0 fully saturated rings. The Balaban J connectivity index is 2.08. The largest absolute Gasteiger partial charge is 0.550 e. The Morgan fingerprint density at radius 1 is 1.19 bits per heavy atom. The van der Waals surface area contributed by atoms with Gasteiger partial charge in [0.25, 0.3) is 0 Å². The molecular weight excluding hydrogens is 350 g/mol. The number of aliphatic carboxylic acids is 1. The Bertz CT molecular complexity index is 899. The number of methoxy groups -OCH3 is 1. The number of rotatable bonds is 9. The average molecular weight is 374 g/mol. The number of aryl methyl sites for hydroxylation is 2. The molecule has 0 saturated carbocycles. The van der Waals surface area contributed by atoms with Crippen molar-refractivity contribution in [2.24, 2.45) is 0 Å². The molecule has 146 valence electrons. The van der Waals surface area contributed by atoms with Crippen LogP contribution in [0.15, 0.2) is 21.3 Å². The Morgan fingerprint density at radius 3 is 2.59 bits per heavy atom. The smallest absolute Gasteiger partial charge is 0.340 e. The van der Waals surface area contributed by atoms with E-state index in [1.165, 1.54) is 0 Å². The first-order valence-corrected chi connectivity index (χ1v) is 8.91. The molecule has 0 aliphatic heterocycles. The Hall–Kier alpha value is -2.83. The molecule has 0 aliphatic carbocycles. The van der Waals surface area contributed by atoms with Gasteiger partial charge in [-0.15, -0.1) is 0 Å². The van der Waals surface area contributed by atoms with Gasteiger partial charge in [-0.2, -0.15) is 0 Å². The first kappa shape index (κ1) is 20.5. The van der Waals surface area contributed by atoms with Crippen LogP contribution < -0.4 is 20.8 Å². The van der Waals surface area contributed by atoms with E-state index in [4.69, 9.17) is 9.15 Å². The second-order valence-electron chi connectivity index (χ2n) is 6.54. The van der Waals surface area contributed by atoms with Gasteiger partial charge >= 0.3 is 5.63 Å². The normalized spacial score (nSPS) is 10.8. The predicted octanol–water partition coefficient (Wildman–Crippen LogP) is 1.39. The zero-order chi connectivity index (χ0) is 20.0. The Kier molecular flexibility index (Phi) is 6.98. The van der Waals surface area contributed by atoms with Gasteiger partial charge in [0, 0.05) is 12.5 Å². The van der Waals surface area contributed by atoms with E-state index in [1.54, 1.807) is 20.1 Å². The molecule has 0 aliphatic rings. The molecule has 2 rings (SSSR count). The molecule has 7 heteroatoms. The zero-order valence-electron chi connectivity index (χ0n) is 15.8. The lowest BCUT2D eigenvalue weighted by molar-refractivity contribution is -0.305. The Morgan fingerprint density at radius 2 is 1.93 bits per heavy atom. The van der Waals surface area contributed by atoms with Crippen molar-refractivity contribution < 1.29 is 23.8 Å². The fourth-order valence-corrected chi connectivity index (χ4v) is 3.02. The van der Waals surface area contributed by atoms with Gasteiger partial charge in [-0.1, -0.05) is 6.42 Å². The van der Waals surface area contributed by atoms with Gasteiger partial charge in [-0.3, -0.25) is 4.79 Å². The average Bonchev–Trinajstić information content (AvgIpc) is 2.60. The minimum Gasteiger partial charge on any atom is -0.550 e. The summed E-state index contributed by atoms with van der Waals surface area (Å²) < 4.78 is 10.8. The number of carbonyl (C=O) groups excluding carboxylic acids is 2. The van der Waals surface area contributed by atoms with Crippen molar-refractivity contribution in [3.8, 4) is 5.75 Å². The van der Waals surface area contributed by atoms with Gasteiger partial charge in [0.2, 0.25) is 5.91 Å². The summed E-state index contributed by atoms with van der Waals surface area (Å²) in [5.74, 6) is -0.750.